The van der Waals surface area contributed by atoms with Gasteiger partial charge >= 0.3 is 0 Å². The monoisotopic (exact) mass is 261 g/mol. The van der Waals surface area contributed by atoms with Crippen LogP contribution in [0.1, 0.15) is 38.2 Å². The lowest BCUT2D eigenvalue weighted by atomic mass is 10.1. The van der Waals surface area contributed by atoms with Gasteiger partial charge in [0.2, 0.25) is 0 Å². The molecule has 1 unspecified atom stereocenters. The number of fused-ring (bicyclic) bond motifs is 1. The highest BCUT2D eigenvalue weighted by atomic mass is 32.2. The smallest absolute Gasteiger partial charge is 0.0263 e. The second kappa shape index (κ2) is 5.66. The highest BCUT2D eigenvalue weighted by Gasteiger charge is 2.27. The Morgan fingerprint density at radius 3 is 2.72 bits per heavy atom. The van der Waals surface area contributed by atoms with Crippen molar-refractivity contribution in [2.75, 3.05) is 13.1 Å². The number of hydrogen-bond acceptors (Lipinski definition) is 2. The molecule has 1 aliphatic carbocycles. The Kier molecular flexibility index (Phi) is 3.95. The fourth-order valence-corrected chi connectivity index (χ4v) is 4.77. The Hall–Kier alpha value is -0.470. The molecule has 3 rings (SSSR count). The van der Waals surface area contributed by atoms with E-state index in [9.17, 15) is 0 Å². The van der Waals surface area contributed by atoms with Crippen molar-refractivity contribution in [2.45, 2.75) is 55.2 Å². The number of benzene rings is 1. The van der Waals surface area contributed by atoms with E-state index in [2.05, 4.69) is 47.9 Å². The Morgan fingerprint density at radius 1 is 1.22 bits per heavy atom. The van der Waals surface area contributed by atoms with Crippen LogP contribution in [0, 0.1) is 0 Å². The fraction of sp³-hybridized carbons (Fsp3) is 0.625. The molecule has 1 aromatic rings. The Labute approximate surface area is 115 Å². The minimum Gasteiger partial charge on any atom is -0.300 e. The maximum Gasteiger partial charge on any atom is 0.0263 e. The number of nitrogens with zero attached hydrogens (tertiary/aromatic N) is 1. The third-order valence-corrected chi connectivity index (χ3v) is 5.70. The minimum atomic E-state index is 0.781. The first-order valence-electron chi connectivity index (χ1n) is 7.35. The number of rotatable bonds is 4. The van der Waals surface area contributed by atoms with Crippen molar-refractivity contribution < 1.29 is 0 Å². The van der Waals surface area contributed by atoms with E-state index in [1.54, 1.807) is 5.56 Å². The van der Waals surface area contributed by atoms with Gasteiger partial charge in [0.25, 0.3) is 0 Å². The van der Waals surface area contributed by atoms with Gasteiger partial charge in [-0.05, 0) is 37.4 Å². The van der Waals surface area contributed by atoms with Crippen molar-refractivity contribution in [3.8, 4) is 0 Å². The Balaban J connectivity index is 1.60. The summed E-state index contributed by atoms with van der Waals surface area (Å²) in [6, 6.07) is 9.80. The molecule has 1 heterocycles. The van der Waals surface area contributed by atoms with Gasteiger partial charge in [-0.1, -0.05) is 38.0 Å². The summed E-state index contributed by atoms with van der Waals surface area (Å²) in [5.41, 5.74) is 1.56. The summed E-state index contributed by atoms with van der Waals surface area (Å²) in [6.45, 7) is 4.82. The lowest BCUT2D eigenvalue weighted by Crippen LogP contribution is -2.38. The molecule has 1 fully saturated rings. The Morgan fingerprint density at radius 2 is 2.00 bits per heavy atom. The highest BCUT2D eigenvalue weighted by molar-refractivity contribution is 8.00. The highest BCUT2D eigenvalue weighted by Crippen LogP contribution is 2.37. The van der Waals surface area contributed by atoms with Gasteiger partial charge in [0.05, 0.1) is 0 Å². The van der Waals surface area contributed by atoms with Gasteiger partial charge in [-0.3, -0.25) is 4.90 Å². The van der Waals surface area contributed by atoms with Gasteiger partial charge in [0.1, 0.15) is 0 Å². The van der Waals surface area contributed by atoms with E-state index in [0.29, 0.717) is 0 Å². The fourth-order valence-electron chi connectivity index (χ4n) is 3.42. The van der Waals surface area contributed by atoms with E-state index in [0.717, 1.165) is 11.3 Å². The maximum atomic E-state index is 2.73. The van der Waals surface area contributed by atoms with Crippen LogP contribution in [0.2, 0.25) is 0 Å². The van der Waals surface area contributed by atoms with Crippen LogP contribution in [-0.4, -0.2) is 29.3 Å². The van der Waals surface area contributed by atoms with Gasteiger partial charge in [-0.2, -0.15) is 0 Å². The average molecular weight is 261 g/mol. The average Bonchev–Trinajstić information content (AvgIpc) is 3.04. The van der Waals surface area contributed by atoms with E-state index in [1.165, 1.54) is 50.1 Å². The van der Waals surface area contributed by atoms with Gasteiger partial charge in [-0.15, -0.1) is 11.8 Å². The predicted molar refractivity (Wildman–Crippen MR) is 79.3 cm³/mol. The van der Waals surface area contributed by atoms with Gasteiger partial charge in [-0.25, -0.2) is 0 Å². The molecule has 98 valence electrons. The molecule has 2 aliphatic rings. The summed E-state index contributed by atoms with van der Waals surface area (Å²) in [4.78, 5) is 4.25. The second-order valence-corrected chi connectivity index (χ2v) is 6.92. The quantitative estimate of drug-likeness (QED) is 0.807. The first-order valence-corrected chi connectivity index (χ1v) is 8.23. The summed E-state index contributed by atoms with van der Waals surface area (Å²) in [5, 5.41) is 0.781. The van der Waals surface area contributed by atoms with Crippen LogP contribution in [0.25, 0.3) is 0 Å². The zero-order valence-corrected chi connectivity index (χ0v) is 12.1. The van der Waals surface area contributed by atoms with Crippen molar-refractivity contribution in [3.05, 3.63) is 29.8 Å². The summed E-state index contributed by atoms with van der Waals surface area (Å²) in [5.74, 6) is 0. The molecule has 0 bridgehead atoms. The van der Waals surface area contributed by atoms with Crippen molar-refractivity contribution in [3.63, 3.8) is 0 Å². The van der Waals surface area contributed by atoms with Crippen LogP contribution in [0.5, 0.6) is 0 Å². The number of hydrogen-bond donors (Lipinski definition) is 0. The first-order chi connectivity index (χ1) is 8.86. The first kappa shape index (κ1) is 12.6. The second-order valence-electron chi connectivity index (χ2n) is 5.58. The normalized spacial score (nSPS) is 23.8. The summed E-state index contributed by atoms with van der Waals surface area (Å²) in [6.07, 6.45) is 7.01. The van der Waals surface area contributed by atoms with E-state index in [4.69, 9.17) is 0 Å². The van der Waals surface area contributed by atoms with E-state index in [1.807, 2.05) is 0 Å². The predicted octanol–water partition coefficient (Wildman–Crippen LogP) is 3.97. The zero-order valence-electron chi connectivity index (χ0n) is 11.3. The van der Waals surface area contributed by atoms with E-state index in [-0.39, 0.29) is 0 Å². The lowest BCUT2D eigenvalue weighted by molar-refractivity contribution is 0.210. The molecule has 0 radical (unpaired) electrons. The molecule has 0 N–H and O–H groups in total. The molecule has 1 atom stereocenters. The molecule has 0 spiro atoms. The third-order valence-electron chi connectivity index (χ3n) is 4.40. The Bertz CT molecular complexity index is 373. The van der Waals surface area contributed by atoms with Gasteiger partial charge in [0.15, 0.2) is 0 Å². The van der Waals surface area contributed by atoms with Crippen LogP contribution in [-0.2, 0) is 6.42 Å². The molecule has 1 aromatic carbocycles. The maximum absolute atomic E-state index is 2.73. The summed E-state index contributed by atoms with van der Waals surface area (Å²) in [7, 11) is 0. The van der Waals surface area contributed by atoms with Crippen molar-refractivity contribution >= 4 is 11.8 Å². The standard InChI is InChI=1S/C16H23NS/c1-2-17(14-8-4-5-9-14)12-15-11-13-7-3-6-10-16(13)18-15/h3,6-7,10,14-15H,2,4-5,8-9,11-12H2,1H3. The largest absolute Gasteiger partial charge is 0.300 e. The molecule has 0 amide bonds. The SMILES string of the molecule is CCN(CC1Cc2ccccc2S1)C1CCCC1. The molecule has 1 aliphatic heterocycles. The van der Waals surface area contributed by atoms with Crippen LogP contribution >= 0.6 is 11.8 Å². The summed E-state index contributed by atoms with van der Waals surface area (Å²) >= 11 is 2.10. The topological polar surface area (TPSA) is 3.24 Å². The zero-order chi connectivity index (χ0) is 12.4. The van der Waals surface area contributed by atoms with Crippen LogP contribution in [0.4, 0.5) is 0 Å². The van der Waals surface area contributed by atoms with Gasteiger partial charge < -0.3 is 0 Å². The molecule has 1 nitrogen and oxygen atoms in total. The van der Waals surface area contributed by atoms with Crippen molar-refractivity contribution in [2.24, 2.45) is 0 Å². The molecule has 0 aromatic heterocycles. The molecular weight excluding hydrogens is 238 g/mol. The molecule has 0 saturated heterocycles. The molecule has 2 heteroatoms. The third kappa shape index (κ3) is 2.60. The lowest BCUT2D eigenvalue weighted by Gasteiger charge is -2.29. The van der Waals surface area contributed by atoms with E-state index < -0.39 is 0 Å². The van der Waals surface area contributed by atoms with Gasteiger partial charge in [0, 0.05) is 22.7 Å². The van der Waals surface area contributed by atoms with Crippen molar-refractivity contribution in [1.29, 1.82) is 0 Å². The minimum absolute atomic E-state index is 0.781. The molecule has 1 saturated carbocycles. The van der Waals surface area contributed by atoms with E-state index >= 15 is 0 Å². The molecule has 18 heavy (non-hydrogen) atoms. The van der Waals surface area contributed by atoms with Crippen LogP contribution in [0.3, 0.4) is 0 Å². The number of thioether (sulfide) groups is 1. The summed E-state index contributed by atoms with van der Waals surface area (Å²) < 4.78 is 0. The van der Waals surface area contributed by atoms with Crippen molar-refractivity contribution in [1.82, 2.24) is 4.90 Å². The van der Waals surface area contributed by atoms with Crippen LogP contribution in [0.15, 0.2) is 29.2 Å². The van der Waals surface area contributed by atoms with Crippen LogP contribution < -0.4 is 0 Å². The molecular formula is C16H23NS.